The van der Waals surface area contributed by atoms with Gasteiger partial charge in [-0.1, -0.05) is 23.7 Å². The van der Waals surface area contributed by atoms with Gasteiger partial charge in [0.15, 0.2) is 0 Å². The number of halogens is 2. The first-order chi connectivity index (χ1) is 9.79. The van der Waals surface area contributed by atoms with Crippen LogP contribution in [0.3, 0.4) is 0 Å². The Morgan fingerprint density at radius 3 is 2.62 bits per heavy atom. The van der Waals surface area contributed by atoms with E-state index in [0.717, 1.165) is 16.9 Å². The smallest absolute Gasteiger partial charge is 0.270 e. The molecule has 21 heavy (non-hydrogen) atoms. The lowest BCUT2D eigenvalue weighted by molar-refractivity contribution is 0.0951. The minimum atomic E-state index is -3.73. The van der Waals surface area contributed by atoms with E-state index in [1.807, 2.05) is 13.0 Å². The highest BCUT2D eigenvalue weighted by atomic mass is 35.7. The number of nitrogens with one attached hydrogen (secondary N) is 1. The first-order valence-electron chi connectivity index (χ1n) is 5.85. The molecule has 0 aliphatic heterocycles. The molecule has 112 valence electrons. The summed E-state index contributed by atoms with van der Waals surface area (Å²) in [4.78, 5) is 12.7. The van der Waals surface area contributed by atoms with Gasteiger partial charge in [-0.2, -0.15) is 0 Å². The molecule has 1 N–H and O–H groups in total. The van der Waals surface area contributed by atoms with Gasteiger partial charge < -0.3 is 5.32 Å². The first kappa shape index (κ1) is 16.3. The predicted molar refractivity (Wildman–Crippen MR) is 84.7 cm³/mol. The van der Waals surface area contributed by atoms with Crippen LogP contribution in [-0.4, -0.2) is 14.3 Å². The van der Waals surface area contributed by atoms with Crippen LogP contribution in [0.4, 0.5) is 0 Å². The summed E-state index contributed by atoms with van der Waals surface area (Å²) >= 11 is 7.10. The number of rotatable bonds is 4. The maximum Gasteiger partial charge on any atom is 0.270 e. The minimum absolute atomic E-state index is 0.0574. The highest BCUT2D eigenvalue weighted by Crippen LogP contribution is 2.25. The van der Waals surface area contributed by atoms with Crippen LogP contribution < -0.4 is 5.32 Å². The van der Waals surface area contributed by atoms with Gasteiger partial charge in [-0.25, -0.2) is 8.42 Å². The van der Waals surface area contributed by atoms with E-state index in [2.05, 4.69) is 5.32 Å². The molecule has 0 unspecified atom stereocenters. The quantitative estimate of drug-likeness (QED) is 0.844. The van der Waals surface area contributed by atoms with Crippen molar-refractivity contribution < 1.29 is 13.2 Å². The van der Waals surface area contributed by atoms with Gasteiger partial charge >= 0.3 is 0 Å². The van der Waals surface area contributed by atoms with E-state index in [1.165, 1.54) is 6.07 Å². The van der Waals surface area contributed by atoms with Crippen molar-refractivity contribution in [3.8, 4) is 0 Å². The predicted octanol–water partition coefficient (Wildman–Crippen LogP) is 3.57. The molecule has 0 radical (unpaired) electrons. The molecule has 0 spiro atoms. The molecule has 0 bridgehead atoms. The molecule has 1 aromatic heterocycles. The summed E-state index contributed by atoms with van der Waals surface area (Å²) in [5.74, 6) is -0.313. The van der Waals surface area contributed by atoms with Crippen LogP contribution in [0.15, 0.2) is 34.5 Å². The Balaban J connectivity index is 2.08. The average Bonchev–Trinajstić information content (AvgIpc) is 2.88. The lowest BCUT2D eigenvalue weighted by atomic mass is 10.1. The van der Waals surface area contributed by atoms with E-state index < -0.39 is 9.05 Å². The Kier molecular flexibility index (Phi) is 4.93. The van der Waals surface area contributed by atoms with Crippen molar-refractivity contribution in [3.63, 3.8) is 0 Å². The molecule has 1 aromatic carbocycles. The second-order valence-corrected chi connectivity index (χ2v) is 8.62. The van der Waals surface area contributed by atoms with Crippen molar-refractivity contribution in [1.29, 1.82) is 0 Å². The van der Waals surface area contributed by atoms with E-state index in [0.29, 0.717) is 15.5 Å². The third-order valence-corrected chi connectivity index (χ3v) is 6.42. The molecule has 0 saturated heterocycles. The number of hydrogen-bond donors (Lipinski definition) is 1. The lowest BCUT2D eigenvalue weighted by Gasteiger charge is -2.07. The molecule has 0 fully saturated rings. The van der Waals surface area contributed by atoms with Crippen LogP contribution in [0, 0.1) is 6.92 Å². The number of carbonyl (C=O) groups excluding carboxylic acids is 1. The van der Waals surface area contributed by atoms with Gasteiger partial charge in [-0.15, -0.1) is 11.3 Å². The Morgan fingerprint density at radius 1 is 1.29 bits per heavy atom. The van der Waals surface area contributed by atoms with E-state index in [-0.39, 0.29) is 16.7 Å². The van der Waals surface area contributed by atoms with Gasteiger partial charge in [0.05, 0.1) is 17.1 Å². The lowest BCUT2D eigenvalue weighted by Crippen LogP contribution is -2.22. The van der Waals surface area contributed by atoms with Crippen LogP contribution in [0.2, 0.25) is 5.02 Å². The first-order valence-corrected chi connectivity index (χ1v) is 9.36. The van der Waals surface area contributed by atoms with Crippen molar-refractivity contribution in [3.05, 3.63) is 51.4 Å². The molecule has 8 heteroatoms. The van der Waals surface area contributed by atoms with Gasteiger partial charge in [0, 0.05) is 15.6 Å². The summed E-state index contributed by atoms with van der Waals surface area (Å²) < 4.78 is 22.4. The Morgan fingerprint density at radius 2 is 2.00 bits per heavy atom. The molecular formula is C13H11Cl2NO3S2. The van der Waals surface area contributed by atoms with Crippen molar-refractivity contribution in [1.82, 2.24) is 5.32 Å². The highest BCUT2D eigenvalue weighted by molar-refractivity contribution is 8.15. The number of carbonyl (C=O) groups is 1. The molecule has 0 aliphatic rings. The summed E-state index contributed by atoms with van der Waals surface area (Å²) in [6.07, 6.45) is 0. The van der Waals surface area contributed by atoms with E-state index in [9.17, 15) is 13.2 Å². The number of benzene rings is 1. The summed E-state index contributed by atoms with van der Waals surface area (Å²) in [7, 11) is 1.52. The Hall–Kier alpha value is -1.08. The zero-order chi connectivity index (χ0) is 15.6. The van der Waals surface area contributed by atoms with Crippen LogP contribution in [0.1, 0.15) is 20.8 Å². The normalized spacial score (nSPS) is 11.4. The van der Waals surface area contributed by atoms with Crippen LogP contribution in [0.25, 0.3) is 0 Å². The van der Waals surface area contributed by atoms with E-state index >= 15 is 0 Å². The van der Waals surface area contributed by atoms with Gasteiger partial charge in [-0.3, -0.25) is 4.79 Å². The Bertz CT molecular complexity index is 784. The molecular weight excluding hydrogens is 353 g/mol. The third kappa shape index (κ3) is 3.97. The third-order valence-electron chi connectivity index (χ3n) is 2.74. The van der Waals surface area contributed by atoms with Crippen molar-refractivity contribution in [2.75, 3.05) is 0 Å². The maximum absolute atomic E-state index is 12.1. The number of amides is 1. The maximum atomic E-state index is 12.1. The molecule has 1 heterocycles. The molecule has 0 atom stereocenters. The SMILES string of the molecule is Cc1cccc(C(=O)NCc2ccc(S(=O)(=O)Cl)s2)c1Cl. The zero-order valence-corrected chi connectivity index (χ0v) is 14.0. The number of thiophene rings is 1. The summed E-state index contributed by atoms with van der Waals surface area (Å²) in [6, 6.07) is 8.22. The number of aryl methyl sites for hydroxylation is 1. The van der Waals surface area contributed by atoms with Crippen LogP contribution in [0.5, 0.6) is 0 Å². The highest BCUT2D eigenvalue weighted by Gasteiger charge is 2.15. The van der Waals surface area contributed by atoms with Crippen LogP contribution >= 0.6 is 33.6 Å². The molecule has 0 saturated carbocycles. The molecule has 2 rings (SSSR count). The monoisotopic (exact) mass is 363 g/mol. The van der Waals surface area contributed by atoms with Crippen molar-refractivity contribution in [2.24, 2.45) is 0 Å². The Labute approximate surface area is 136 Å². The summed E-state index contributed by atoms with van der Waals surface area (Å²) in [6.45, 7) is 2.02. The average molecular weight is 364 g/mol. The summed E-state index contributed by atoms with van der Waals surface area (Å²) in [5.41, 5.74) is 1.20. The zero-order valence-electron chi connectivity index (χ0n) is 10.9. The minimum Gasteiger partial charge on any atom is -0.347 e. The second kappa shape index (κ2) is 6.36. The fraction of sp³-hybridized carbons (Fsp3) is 0.154. The van der Waals surface area contributed by atoms with Crippen molar-refractivity contribution >= 4 is 48.6 Å². The molecule has 4 nitrogen and oxygen atoms in total. The molecule has 2 aromatic rings. The van der Waals surface area contributed by atoms with E-state index in [4.69, 9.17) is 22.3 Å². The standard InChI is InChI=1S/C13H11Cl2NO3S2/c1-8-3-2-4-10(12(8)14)13(17)16-7-9-5-6-11(20-9)21(15,18)19/h2-6H,7H2,1H3,(H,16,17). The van der Waals surface area contributed by atoms with Gasteiger partial charge in [0.2, 0.25) is 0 Å². The second-order valence-electron chi connectivity index (χ2n) is 4.28. The van der Waals surface area contributed by atoms with Crippen molar-refractivity contribution in [2.45, 2.75) is 17.7 Å². The van der Waals surface area contributed by atoms with Gasteiger partial charge in [0.25, 0.3) is 15.0 Å². The largest absolute Gasteiger partial charge is 0.347 e. The fourth-order valence-electron chi connectivity index (χ4n) is 1.67. The van der Waals surface area contributed by atoms with Crippen LogP contribution in [-0.2, 0) is 15.6 Å². The van der Waals surface area contributed by atoms with Gasteiger partial charge in [0.1, 0.15) is 4.21 Å². The number of hydrogen-bond acceptors (Lipinski definition) is 4. The fourth-order valence-corrected chi connectivity index (χ4v) is 3.94. The topological polar surface area (TPSA) is 63.2 Å². The van der Waals surface area contributed by atoms with E-state index in [1.54, 1.807) is 18.2 Å². The summed E-state index contributed by atoms with van der Waals surface area (Å²) in [5, 5.41) is 3.10. The molecule has 0 aliphatic carbocycles. The molecule has 1 amide bonds. The van der Waals surface area contributed by atoms with Gasteiger partial charge in [-0.05, 0) is 30.7 Å².